The summed E-state index contributed by atoms with van der Waals surface area (Å²) in [5, 5.41) is 6.10. The number of hydrogen-bond acceptors (Lipinski definition) is 4. The Bertz CT molecular complexity index is 712. The van der Waals surface area contributed by atoms with Gasteiger partial charge in [-0.2, -0.15) is 0 Å². The molecule has 156 valence electrons. The highest BCUT2D eigenvalue weighted by Gasteiger charge is 2.18. The number of nitrogens with zero attached hydrogens (tertiary/aromatic N) is 2. The molecule has 0 aromatic heterocycles. The van der Waals surface area contributed by atoms with Crippen LogP contribution in [0.3, 0.4) is 0 Å². The second kappa shape index (κ2) is 12.3. The summed E-state index contributed by atoms with van der Waals surface area (Å²) in [6.07, 6.45) is 0. The first kappa shape index (κ1) is 25.9. The van der Waals surface area contributed by atoms with E-state index in [9.17, 15) is 12.8 Å². The summed E-state index contributed by atoms with van der Waals surface area (Å²) in [4.78, 5) is 4.08. The molecular formula is C17H30FIN4O3S. The monoisotopic (exact) mass is 516 g/mol. The maximum absolute atomic E-state index is 13.8. The minimum atomic E-state index is -3.30. The number of aliphatic imine (C=N–C) groups is 1. The minimum Gasteiger partial charge on any atom is -0.494 e. The smallest absolute Gasteiger partial charge is 0.215 e. The molecule has 0 saturated heterocycles. The van der Waals surface area contributed by atoms with Gasteiger partial charge in [0.05, 0.1) is 18.9 Å². The van der Waals surface area contributed by atoms with Crippen LogP contribution >= 0.6 is 24.0 Å². The fourth-order valence-electron chi connectivity index (χ4n) is 2.48. The Hall–Kier alpha value is -1.14. The normalized spacial score (nSPS) is 13.1. The number of methoxy groups -OCH3 is 1. The summed E-state index contributed by atoms with van der Waals surface area (Å²) in [5.74, 6) is 0.168. The first-order valence-corrected chi connectivity index (χ1v) is 10.2. The third kappa shape index (κ3) is 7.78. The quantitative estimate of drug-likeness (QED) is 0.299. The standard InChI is InChI=1S/C17H29FN4O3S.HI/c1-6-22(7-2)26(23,24)11-10-20-17(19-4)21-13(3)14-8-9-16(25-5)15(18)12-14;/h8-9,12-13H,6-7,10-11H2,1-5H3,(H2,19,20,21);1H. The zero-order valence-electron chi connectivity index (χ0n) is 16.5. The molecule has 0 aliphatic heterocycles. The molecule has 0 bridgehead atoms. The van der Waals surface area contributed by atoms with Gasteiger partial charge < -0.3 is 15.4 Å². The van der Waals surface area contributed by atoms with E-state index >= 15 is 0 Å². The van der Waals surface area contributed by atoms with Crippen LogP contribution in [-0.4, -0.2) is 58.2 Å². The van der Waals surface area contributed by atoms with E-state index in [0.29, 0.717) is 19.0 Å². The van der Waals surface area contributed by atoms with Crippen molar-refractivity contribution in [3.05, 3.63) is 29.6 Å². The fourth-order valence-corrected chi connectivity index (χ4v) is 3.88. The Kier molecular flexibility index (Phi) is 11.8. The van der Waals surface area contributed by atoms with Gasteiger partial charge in [0.15, 0.2) is 17.5 Å². The molecule has 0 radical (unpaired) electrons. The van der Waals surface area contributed by atoms with Crippen molar-refractivity contribution in [2.75, 3.05) is 39.5 Å². The highest BCUT2D eigenvalue weighted by molar-refractivity contribution is 14.0. The van der Waals surface area contributed by atoms with Gasteiger partial charge in [0.25, 0.3) is 0 Å². The topological polar surface area (TPSA) is 83.0 Å². The SMILES string of the molecule is CCN(CC)S(=O)(=O)CCNC(=NC)NC(C)c1ccc(OC)c(F)c1.I. The molecule has 1 unspecified atom stereocenters. The van der Waals surface area contributed by atoms with Crippen LogP contribution in [0, 0.1) is 5.82 Å². The van der Waals surface area contributed by atoms with E-state index in [1.165, 1.54) is 17.5 Å². The lowest BCUT2D eigenvalue weighted by molar-refractivity contribution is 0.386. The molecule has 27 heavy (non-hydrogen) atoms. The predicted octanol–water partition coefficient (Wildman–Crippen LogP) is 2.35. The molecule has 0 aliphatic carbocycles. The van der Waals surface area contributed by atoms with Gasteiger partial charge in [0.1, 0.15) is 0 Å². The van der Waals surface area contributed by atoms with Crippen LogP contribution in [0.2, 0.25) is 0 Å². The van der Waals surface area contributed by atoms with Gasteiger partial charge in [-0.1, -0.05) is 19.9 Å². The van der Waals surface area contributed by atoms with E-state index in [-0.39, 0.29) is 48.1 Å². The third-order valence-electron chi connectivity index (χ3n) is 4.00. The maximum atomic E-state index is 13.8. The molecule has 7 nitrogen and oxygen atoms in total. The highest BCUT2D eigenvalue weighted by atomic mass is 127. The van der Waals surface area contributed by atoms with Crippen LogP contribution in [0.1, 0.15) is 32.4 Å². The summed E-state index contributed by atoms with van der Waals surface area (Å²) in [6.45, 7) is 6.61. The lowest BCUT2D eigenvalue weighted by atomic mass is 10.1. The number of ether oxygens (including phenoxy) is 1. The summed E-state index contributed by atoms with van der Waals surface area (Å²) in [7, 11) is -0.288. The Balaban J connectivity index is 0.00000676. The average molecular weight is 516 g/mol. The summed E-state index contributed by atoms with van der Waals surface area (Å²) in [5.41, 5.74) is 0.724. The number of rotatable bonds is 9. The van der Waals surface area contributed by atoms with Gasteiger partial charge in [0.2, 0.25) is 10.0 Å². The van der Waals surface area contributed by atoms with E-state index in [2.05, 4.69) is 15.6 Å². The van der Waals surface area contributed by atoms with E-state index < -0.39 is 15.8 Å². The Morgan fingerprint density at radius 1 is 1.33 bits per heavy atom. The van der Waals surface area contributed by atoms with Gasteiger partial charge in [-0.25, -0.2) is 17.1 Å². The molecule has 0 spiro atoms. The van der Waals surface area contributed by atoms with Crippen molar-refractivity contribution in [1.29, 1.82) is 0 Å². The molecule has 0 heterocycles. The molecule has 10 heteroatoms. The van der Waals surface area contributed by atoms with Crippen LogP contribution in [-0.2, 0) is 10.0 Å². The lowest BCUT2D eigenvalue weighted by Crippen LogP contribution is -2.42. The summed E-state index contributed by atoms with van der Waals surface area (Å²) < 4.78 is 44.5. The van der Waals surface area contributed by atoms with Gasteiger partial charge in [0, 0.05) is 26.7 Å². The van der Waals surface area contributed by atoms with Crippen molar-refractivity contribution < 1.29 is 17.5 Å². The fraction of sp³-hybridized carbons (Fsp3) is 0.588. The van der Waals surface area contributed by atoms with E-state index in [1.54, 1.807) is 19.2 Å². The van der Waals surface area contributed by atoms with Crippen LogP contribution in [0.5, 0.6) is 5.75 Å². The van der Waals surface area contributed by atoms with Crippen LogP contribution in [0.15, 0.2) is 23.2 Å². The van der Waals surface area contributed by atoms with Crippen molar-refractivity contribution >= 4 is 40.0 Å². The number of halogens is 2. The number of nitrogens with one attached hydrogen (secondary N) is 2. The van der Waals surface area contributed by atoms with E-state index in [0.717, 1.165) is 5.56 Å². The average Bonchev–Trinajstić information content (AvgIpc) is 2.61. The van der Waals surface area contributed by atoms with Gasteiger partial charge >= 0.3 is 0 Å². The largest absolute Gasteiger partial charge is 0.494 e. The van der Waals surface area contributed by atoms with E-state index in [1.807, 2.05) is 20.8 Å². The lowest BCUT2D eigenvalue weighted by Gasteiger charge is -2.21. The molecule has 0 saturated carbocycles. The Morgan fingerprint density at radius 3 is 2.44 bits per heavy atom. The molecule has 1 rings (SSSR count). The van der Waals surface area contributed by atoms with Crippen LogP contribution in [0.4, 0.5) is 4.39 Å². The first-order valence-electron chi connectivity index (χ1n) is 8.57. The molecule has 1 atom stereocenters. The van der Waals surface area contributed by atoms with Gasteiger partial charge in [-0.15, -0.1) is 24.0 Å². The maximum Gasteiger partial charge on any atom is 0.215 e. The van der Waals surface area contributed by atoms with Crippen molar-refractivity contribution in [3.63, 3.8) is 0 Å². The molecule has 2 N–H and O–H groups in total. The van der Waals surface area contributed by atoms with Crippen molar-refractivity contribution in [3.8, 4) is 5.75 Å². The summed E-state index contributed by atoms with van der Waals surface area (Å²) in [6, 6.07) is 4.50. The second-order valence-electron chi connectivity index (χ2n) is 5.66. The molecular weight excluding hydrogens is 486 g/mol. The molecule has 1 aromatic carbocycles. The number of guanidine groups is 1. The van der Waals surface area contributed by atoms with Gasteiger partial charge in [-0.05, 0) is 24.6 Å². The molecule has 0 fully saturated rings. The van der Waals surface area contributed by atoms with Crippen molar-refractivity contribution in [2.45, 2.75) is 26.8 Å². The second-order valence-corrected chi connectivity index (χ2v) is 7.75. The minimum absolute atomic E-state index is 0. The highest BCUT2D eigenvalue weighted by Crippen LogP contribution is 2.21. The van der Waals surface area contributed by atoms with Crippen LogP contribution < -0.4 is 15.4 Å². The number of benzene rings is 1. The zero-order chi connectivity index (χ0) is 19.7. The number of sulfonamides is 1. The van der Waals surface area contributed by atoms with Crippen LogP contribution in [0.25, 0.3) is 0 Å². The zero-order valence-corrected chi connectivity index (χ0v) is 19.6. The molecule has 0 amide bonds. The molecule has 1 aromatic rings. The third-order valence-corrected chi connectivity index (χ3v) is 6.03. The first-order chi connectivity index (χ1) is 12.3. The Labute approximate surface area is 178 Å². The van der Waals surface area contributed by atoms with Crippen molar-refractivity contribution in [2.24, 2.45) is 4.99 Å². The Morgan fingerprint density at radius 2 is 1.96 bits per heavy atom. The predicted molar refractivity (Wildman–Crippen MR) is 118 cm³/mol. The van der Waals surface area contributed by atoms with E-state index in [4.69, 9.17) is 4.74 Å². The van der Waals surface area contributed by atoms with Crippen molar-refractivity contribution in [1.82, 2.24) is 14.9 Å². The molecule has 0 aliphatic rings. The van der Waals surface area contributed by atoms with Gasteiger partial charge in [-0.3, -0.25) is 4.99 Å². The summed E-state index contributed by atoms with van der Waals surface area (Å²) >= 11 is 0. The number of hydrogen-bond donors (Lipinski definition) is 2.